The molecule has 0 amide bonds. The number of rotatable bonds is 4. The standard InChI is InChI=1S/C13H13F2N3/c1-2-16-12(13-17-6-3-7-18-13)9-4-5-10(14)11(15)8-9/h3-8,12,16H,2H2,1H3. The molecule has 2 rings (SSSR count). The Bertz CT molecular complexity index is 517. The van der Waals surface area contributed by atoms with Crippen LogP contribution in [0.4, 0.5) is 8.78 Å². The van der Waals surface area contributed by atoms with Gasteiger partial charge in [-0.05, 0) is 30.3 Å². The van der Waals surface area contributed by atoms with Gasteiger partial charge >= 0.3 is 0 Å². The molecule has 1 heterocycles. The van der Waals surface area contributed by atoms with E-state index in [1.165, 1.54) is 12.1 Å². The van der Waals surface area contributed by atoms with Crippen LogP contribution < -0.4 is 5.32 Å². The minimum atomic E-state index is -0.869. The van der Waals surface area contributed by atoms with Crippen LogP contribution in [-0.2, 0) is 0 Å². The fourth-order valence-electron chi connectivity index (χ4n) is 1.71. The number of hydrogen-bond donors (Lipinski definition) is 1. The Hall–Kier alpha value is -1.88. The molecular weight excluding hydrogens is 236 g/mol. The van der Waals surface area contributed by atoms with Crippen molar-refractivity contribution < 1.29 is 8.78 Å². The van der Waals surface area contributed by atoms with Crippen LogP contribution in [0.2, 0.25) is 0 Å². The molecule has 1 aromatic carbocycles. The second kappa shape index (κ2) is 5.64. The number of aromatic nitrogens is 2. The summed E-state index contributed by atoms with van der Waals surface area (Å²) in [7, 11) is 0. The summed E-state index contributed by atoms with van der Waals surface area (Å²) in [6.45, 7) is 2.59. The highest BCUT2D eigenvalue weighted by Gasteiger charge is 2.17. The van der Waals surface area contributed by atoms with Gasteiger partial charge in [0.15, 0.2) is 11.6 Å². The van der Waals surface area contributed by atoms with Crippen LogP contribution in [0.15, 0.2) is 36.7 Å². The quantitative estimate of drug-likeness (QED) is 0.904. The molecule has 1 unspecified atom stereocenters. The summed E-state index contributed by atoms with van der Waals surface area (Å²) in [5.41, 5.74) is 0.599. The average molecular weight is 249 g/mol. The zero-order valence-corrected chi connectivity index (χ0v) is 9.90. The third-order valence-electron chi connectivity index (χ3n) is 2.53. The first-order chi connectivity index (χ1) is 8.72. The van der Waals surface area contributed by atoms with Crippen LogP contribution in [-0.4, -0.2) is 16.5 Å². The third kappa shape index (κ3) is 2.68. The smallest absolute Gasteiger partial charge is 0.159 e. The SMILES string of the molecule is CCNC(c1ccc(F)c(F)c1)c1ncccn1. The Kier molecular flexibility index (Phi) is 3.94. The predicted molar refractivity (Wildman–Crippen MR) is 63.9 cm³/mol. The van der Waals surface area contributed by atoms with Crippen molar-refractivity contribution in [2.45, 2.75) is 13.0 Å². The second-order valence-electron chi connectivity index (χ2n) is 3.77. The monoisotopic (exact) mass is 249 g/mol. The second-order valence-corrected chi connectivity index (χ2v) is 3.77. The number of hydrogen-bond acceptors (Lipinski definition) is 3. The zero-order valence-electron chi connectivity index (χ0n) is 9.90. The molecule has 1 N–H and O–H groups in total. The van der Waals surface area contributed by atoms with E-state index in [2.05, 4.69) is 15.3 Å². The molecule has 0 radical (unpaired) electrons. The van der Waals surface area contributed by atoms with Gasteiger partial charge in [0.25, 0.3) is 0 Å². The summed E-state index contributed by atoms with van der Waals surface area (Å²) in [4.78, 5) is 8.27. The first-order valence-corrected chi connectivity index (χ1v) is 5.67. The number of nitrogens with zero attached hydrogens (tertiary/aromatic N) is 2. The van der Waals surface area contributed by atoms with Crippen molar-refractivity contribution in [3.63, 3.8) is 0 Å². The Labute approximate surface area is 104 Å². The summed E-state index contributed by atoms with van der Waals surface area (Å²) in [5.74, 6) is -1.19. The molecule has 2 aromatic rings. The van der Waals surface area contributed by atoms with Gasteiger partial charge in [-0.1, -0.05) is 13.0 Å². The van der Waals surface area contributed by atoms with Gasteiger partial charge < -0.3 is 5.32 Å². The highest BCUT2D eigenvalue weighted by molar-refractivity contribution is 5.26. The van der Waals surface area contributed by atoms with Crippen molar-refractivity contribution in [3.05, 3.63) is 59.7 Å². The van der Waals surface area contributed by atoms with Gasteiger partial charge in [-0.15, -0.1) is 0 Å². The Morgan fingerprint density at radius 2 is 1.89 bits per heavy atom. The van der Waals surface area contributed by atoms with Crippen LogP contribution in [0.1, 0.15) is 24.4 Å². The van der Waals surface area contributed by atoms with E-state index >= 15 is 0 Å². The molecule has 3 nitrogen and oxygen atoms in total. The topological polar surface area (TPSA) is 37.8 Å². The van der Waals surface area contributed by atoms with E-state index in [0.717, 1.165) is 6.07 Å². The van der Waals surface area contributed by atoms with Crippen LogP contribution in [0, 0.1) is 11.6 Å². The average Bonchev–Trinajstić information content (AvgIpc) is 2.40. The van der Waals surface area contributed by atoms with Crippen molar-refractivity contribution in [2.75, 3.05) is 6.54 Å². The lowest BCUT2D eigenvalue weighted by molar-refractivity contribution is 0.502. The molecule has 0 aliphatic rings. The lowest BCUT2D eigenvalue weighted by atomic mass is 10.1. The molecule has 1 aromatic heterocycles. The van der Waals surface area contributed by atoms with E-state index in [9.17, 15) is 8.78 Å². The van der Waals surface area contributed by atoms with Crippen LogP contribution in [0.3, 0.4) is 0 Å². The number of halogens is 2. The molecule has 0 saturated heterocycles. The fourth-order valence-corrected chi connectivity index (χ4v) is 1.71. The van der Waals surface area contributed by atoms with Gasteiger partial charge in [0.1, 0.15) is 5.82 Å². The molecule has 0 aliphatic carbocycles. The zero-order chi connectivity index (χ0) is 13.0. The number of benzene rings is 1. The van der Waals surface area contributed by atoms with E-state index in [4.69, 9.17) is 0 Å². The van der Waals surface area contributed by atoms with Crippen LogP contribution in [0.25, 0.3) is 0 Å². The maximum atomic E-state index is 13.3. The van der Waals surface area contributed by atoms with E-state index < -0.39 is 11.6 Å². The maximum Gasteiger partial charge on any atom is 0.159 e. The lowest BCUT2D eigenvalue weighted by Crippen LogP contribution is -2.24. The molecule has 0 fully saturated rings. The van der Waals surface area contributed by atoms with Crippen LogP contribution in [0.5, 0.6) is 0 Å². The molecule has 5 heteroatoms. The van der Waals surface area contributed by atoms with Crippen molar-refractivity contribution in [1.29, 1.82) is 0 Å². The van der Waals surface area contributed by atoms with E-state index in [1.54, 1.807) is 18.5 Å². The van der Waals surface area contributed by atoms with Gasteiger partial charge in [-0.2, -0.15) is 0 Å². The van der Waals surface area contributed by atoms with Crippen molar-refractivity contribution in [3.8, 4) is 0 Å². The van der Waals surface area contributed by atoms with E-state index in [-0.39, 0.29) is 6.04 Å². The minimum Gasteiger partial charge on any atom is -0.304 e. The minimum absolute atomic E-state index is 0.341. The Balaban J connectivity index is 2.38. The summed E-state index contributed by atoms with van der Waals surface area (Å²) in [6.07, 6.45) is 3.24. The molecule has 0 saturated carbocycles. The number of nitrogens with one attached hydrogen (secondary N) is 1. The van der Waals surface area contributed by atoms with E-state index in [1.807, 2.05) is 6.92 Å². The van der Waals surface area contributed by atoms with Crippen molar-refractivity contribution in [2.24, 2.45) is 0 Å². The Morgan fingerprint density at radius 3 is 2.50 bits per heavy atom. The van der Waals surface area contributed by atoms with Crippen molar-refractivity contribution >= 4 is 0 Å². The summed E-state index contributed by atoms with van der Waals surface area (Å²) >= 11 is 0. The molecule has 0 aliphatic heterocycles. The summed E-state index contributed by atoms with van der Waals surface area (Å²) in [5, 5.41) is 3.15. The van der Waals surface area contributed by atoms with Gasteiger partial charge in [0, 0.05) is 12.4 Å². The summed E-state index contributed by atoms with van der Waals surface area (Å²) < 4.78 is 26.2. The predicted octanol–water partition coefficient (Wildman–Crippen LogP) is 2.45. The van der Waals surface area contributed by atoms with Gasteiger partial charge in [-0.25, -0.2) is 18.7 Å². The van der Waals surface area contributed by atoms with Gasteiger partial charge in [0.05, 0.1) is 6.04 Å². The molecule has 0 bridgehead atoms. The van der Waals surface area contributed by atoms with Gasteiger partial charge in [-0.3, -0.25) is 0 Å². The normalized spacial score (nSPS) is 12.4. The maximum absolute atomic E-state index is 13.3. The highest BCUT2D eigenvalue weighted by atomic mass is 19.2. The molecule has 0 spiro atoms. The third-order valence-corrected chi connectivity index (χ3v) is 2.53. The van der Waals surface area contributed by atoms with Gasteiger partial charge in [0.2, 0.25) is 0 Å². The largest absolute Gasteiger partial charge is 0.304 e. The molecular formula is C13H13F2N3. The van der Waals surface area contributed by atoms with Crippen LogP contribution >= 0.6 is 0 Å². The Morgan fingerprint density at radius 1 is 1.17 bits per heavy atom. The summed E-state index contributed by atoms with van der Waals surface area (Å²) in [6, 6.07) is 5.17. The lowest BCUT2D eigenvalue weighted by Gasteiger charge is -2.16. The van der Waals surface area contributed by atoms with Crippen molar-refractivity contribution in [1.82, 2.24) is 15.3 Å². The molecule has 18 heavy (non-hydrogen) atoms. The highest BCUT2D eigenvalue weighted by Crippen LogP contribution is 2.20. The first-order valence-electron chi connectivity index (χ1n) is 5.67. The molecule has 1 atom stereocenters. The molecule has 94 valence electrons. The van der Waals surface area contributed by atoms with E-state index in [0.29, 0.717) is 17.9 Å². The fraction of sp³-hybridized carbons (Fsp3) is 0.231. The first kappa shape index (κ1) is 12.6.